The molecule has 0 saturated carbocycles. The maximum atomic E-state index is 12.3. The third-order valence-corrected chi connectivity index (χ3v) is 4.40. The molecule has 0 aromatic heterocycles. The standard InChI is InChI=1S/C13H19NO4S/c1-18-10-5-4-6-11(9-10)19(17)12(13(15)16)7-2-3-8-14/h4-6,9,12H,2-3,7-8,14H2,1H3,(H,15,16). The Morgan fingerprint density at radius 2 is 2.21 bits per heavy atom. The number of hydrogen-bond donors (Lipinski definition) is 2. The summed E-state index contributed by atoms with van der Waals surface area (Å²) in [7, 11) is -0.0751. The van der Waals surface area contributed by atoms with Crippen molar-refractivity contribution in [2.75, 3.05) is 13.7 Å². The molecule has 1 aromatic carbocycles. The van der Waals surface area contributed by atoms with Gasteiger partial charge >= 0.3 is 5.97 Å². The normalized spacial score (nSPS) is 13.8. The second kappa shape index (κ2) is 7.91. The number of carboxylic acids is 1. The molecule has 1 aromatic rings. The molecule has 2 atom stereocenters. The van der Waals surface area contributed by atoms with E-state index in [1.807, 2.05) is 0 Å². The SMILES string of the molecule is COc1cccc(S(=O)C(CCCCN)C(=O)O)c1. The Morgan fingerprint density at radius 1 is 1.47 bits per heavy atom. The van der Waals surface area contributed by atoms with Gasteiger partial charge in [0.1, 0.15) is 11.0 Å². The molecular formula is C13H19NO4S. The van der Waals surface area contributed by atoms with E-state index < -0.39 is 22.0 Å². The fourth-order valence-corrected chi connectivity index (χ4v) is 3.02. The fourth-order valence-electron chi connectivity index (χ4n) is 1.69. The van der Waals surface area contributed by atoms with Gasteiger partial charge in [-0.3, -0.25) is 9.00 Å². The number of aliphatic carboxylic acids is 1. The summed E-state index contributed by atoms with van der Waals surface area (Å²) in [4.78, 5) is 11.7. The van der Waals surface area contributed by atoms with Crippen LogP contribution in [-0.2, 0) is 15.6 Å². The maximum absolute atomic E-state index is 12.3. The summed E-state index contributed by atoms with van der Waals surface area (Å²) >= 11 is 0. The van der Waals surface area contributed by atoms with Crippen molar-refractivity contribution in [2.24, 2.45) is 5.73 Å². The van der Waals surface area contributed by atoms with Crippen LogP contribution in [0.15, 0.2) is 29.2 Å². The zero-order chi connectivity index (χ0) is 14.3. The number of rotatable bonds is 8. The van der Waals surface area contributed by atoms with E-state index in [1.54, 1.807) is 24.3 Å². The Labute approximate surface area is 115 Å². The summed E-state index contributed by atoms with van der Waals surface area (Å²) in [5.74, 6) is -0.477. The number of unbranched alkanes of at least 4 members (excludes halogenated alkanes) is 1. The first-order valence-electron chi connectivity index (χ1n) is 6.07. The first-order chi connectivity index (χ1) is 9.10. The molecule has 0 radical (unpaired) electrons. The lowest BCUT2D eigenvalue weighted by atomic mass is 10.2. The average molecular weight is 285 g/mol. The lowest BCUT2D eigenvalue weighted by Crippen LogP contribution is -2.26. The van der Waals surface area contributed by atoms with E-state index >= 15 is 0 Å². The van der Waals surface area contributed by atoms with Gasteiger partial charge in [-0.15, -0.1) is 0 Å². The van der Waals surface area contributed by atoms with Crippen molar-refractivity contribution in [1.29, 1.82) is 0 Å². The monoisotopic (exact) mass is 285 g/mol. The van der Waals surface area contributed by atoms with Crippen LogP contribution in [-0.4, -0.2) is 34.2 Å². The summed E-state index contributed by atoms with van der Waals surface area (Å²) in [5, 5.41) is 8.27. The Kier molecular flexibility index (Phi) is 6.52. The van der Waals surface area contributed by atoms with Gasteiger partial charge in [0, 0.05) is 4.90 Å². The Morgan fingerprint density at radius 3 is 2.79 bits per heavy atom. The van der Waals surface area contributed by atoms with Crippen molar-refractivity contribution >= 4 is 16.8 Å². The number of benzene rings is 1. The molecule has 5 nitrogen and oxygen atoms in total. The van der Waals surface area contributed by atoms with Crippen LogP contribution in [0.3, 0.4) is 0 Å². The van der Waals surface area contributed by atoms with Crippen LogP contribution in [0, 0.1) is 0 Å². The molecule has 0 heterocycles. The summed E-state index contributed by atoms with van der Waals surface area (Å²) in [5.41, 5.74) is 5.38. The van der Waals surface area contributed by atoms with E-state index in [1.165, 1.54) is 7.11 Å². The van der Waals surface area contributed by atoms with E-state index in [0.717, 1.165) is 6.42 Å². The molecule has 1 rings (SSSR count). The number of hydrogen-bond acceptors (Lipinski definition) is 4. The van der Waals surface area contributed by atoms with E-state index in [-0.39, 0.29) is 0 Å². The summed E-state index contributed by atoms with van der Waals surface area (Å²) < 4.78 is 17.3. The van der Waals surface area contributed by atoms with E-state index in [2.05, 4.69) is 0 Å². The molecule has 6 heteroatoms. The van der Waals surface area contributed by atoms with Gasteiger partial charge < -0.3 is 15.6 Å². The van der Waals surface area contributed by atoms with Crippen LogP contribution in [0.5, 0.6) is 5.75 Å². The van der Waals surface area contributed by atoms with Crippen LogP contribution in [0.4, 0.5) is 0 Å². The zero-order valence-corrected chi connectivity index (χ0v) is 11.7. The predicted octanol–water partition coefficient (Wildman–Crippen LogP) is 1.39. The minimum atomic E-state index is -1.59. The van der Waals surface area contributed by atoms with Crippen molar-refractivity contribution in [3.05, 3.63) is 24.3 Å². The third-order valence-electron chi connectivity index (χ3n) is 2.73. The van der Waals surface area contributed by atoms with Gasteiger partial charge in [0.2, 0.25) is 0 Å². The van der Waals surface area contributed by atoms with Crippen LogP contribution in [0.25, 0.3) is 0 Å². The quantitative estimate of drug-likeness (QED) is 0.704. The van der Waals surface area contributed by atoms with Crippen LogP contribution < -0.4 is 10.5 Å². The lowest BCUT2D eigenvalue weighted by Gasteiger charge is -2.12. The van der Waals surface area contributed by atoms with Crippen molar-refractivity contribution in [2.45, 2.75) is 29.4 Å². The number of carboxylic acid groups (broad SMARTS) is 1. The molecule has 106 valence electrons. The highest BCUT2D eigenvalue weighted by Gasteiger charge is 2.25. The highest BCUT2D eigenvalue weighted by molar-refractivity contribution is 7.86. The molecular weight excluding hydrogens is 266 g/mol. The summed E-state index contributed by atoms with van der Waals surface area (Å²) in [6.45, 7) is 0.512. The van der Waals surface area contributed by atoms with E-state index in [0.29, 0.717) is 30.0 Å². The molecule has 2 unspecified atom stereocenters. The molecule has 0 amide bonds. The Balaban J connectivity index is 2.83. The number of nitrogens with two attached hydrogens (primary N) is 1. The van der Waals surface area contributed by atoms with E-state index in [9.17, 15) is 14.1 Å². The highest BCUT2D eigenvalue weighted by Crippen LogP contribution is 2.20. The molecule has 0 saturated heterocycles. The molecule has 19 heavy (non-hydrogen) atoms. The molecule has 0 aliphatic rings. The van der Waals surface area contributed by atoms with Gasteiger partial charge in [0.15, 0.2) is 0 Å². The molecule has 0 bridgehead atoms. The Hall–Kier alpha value is -1.40. The Bertz CT molecular complexity index is 450. The molecule has 3 N–H and O–H groups in total. The van der Waals surface area contributed by atoms with Crippen molar-refractivity contribution in [3.8, 4) is 5.75 Å². The number of methoxy groups -OCH3 is 1. The largest absolute Gasteiger partial charge is 0.497 e. The first-order valence-corrected chi connectivity index (χ1v) is 7.29. The summed E-state index contributed by atoms with van der Waals surface area (Å²) in [6, 6.07) is 6.68. The maximum Gasteiger partial charge on any atom is 0.319 e. The van der Waals surface area contributed by atoms with Crippen LogP contribution in [0.2, 0.25) is 0 Å². The minimum absolute atomic E-state index is 0.357. The number of carbonyl (C=O) groups is 1. The number of ether oxygens (including phenoxy) is 1. The first kappa shape index (κ1) is 15.7. The second-order valence-corrected chi connectivity index (χ2v) is 5.72. The predicted molar refractivity (Wildman–Crippen MR) is 73.7 cm³/mol. The third kappa shape index (κ3) is 4.65. The van der Waals surface area contributed by atoms with Gasteiger partial charge in [-0.25, -0.2) is 0 Å². The van der Waals surface area contributed by atoms with Crippen LogP contribution in [0.1, 0.15) is 19.3 Å². The van der Waals surface area contributed by atoms with Gasteiger partial charge in [0.25, 0.3) is 0 Å². The van der Waals surface area contributed by atoms with Crippen molar-refractivity contribution in [1.82, 2.24) is 0 Å². The van der Waals surface area contributed by atoms with Crippen molar-refractivity contribution in [3.63, 3.8) is 0 Å². The minimum Gasteiger partial charge on any atom is -0.497 e. The average Bonchev–Trinajstić information content (AvgIpc) is 2.42. The molecule has 0 aliphatic heterocycles. The van der Waals surface area contributed by atoms with Gasteiger partial charge in [0.05, 0.1) is 17.9 Å². The molecule has 0 aliphatic carbocycles. The smallest absolute Gasteiger partial charge is 0.319 e. The van der Waals surface area contributed by atoms with Gasteiger partial charge in [-0.1, -0.05) is 12.5 Å². The highest BCUT2D eigenvalue weighted by atomic mass is 32.2. The van der Waals surface area contributed by atoms with Gasteiger partial charge in [-0.05, 0) is 37.6 Å². The van der Waals surface area contributed by atoms with Crippen molar-refractivity contribution < 1.29 is 18.8 Å². The summed E-state index contributed by atoms with van der Waals surface area (Å²) in [6.07, 6.45) is 1.75. The zero-order valence-electron chi connectivity index (χ0n) is 10.9. The van der Waals surface area contributed by atoms with E-state index in [4.69, 9.17) is 10.5 Å². The fraction of sp³-hybridized carbons (Fsp3) is 0.462. The van der Waals surface area contributed by atoms with Gasteiger partial charge in [-0.2, -0.15) is 0 Å². The second-order valence-electron chi connectivity index (χ2n) is 4.09. The topological polar surface area (TPSA) is 89.6 Å². The molecule has 0 spiro atoms. The lowest BCUT2D eigenvalue weighted by molar-refractivity contribution is -0.136. The van der Waals surface area contributed by atoms with Crippen LogP contribution >= 0.6 is 0 Å². The molecule has 0 fully saturated rings.